The van der Waals surface area contributed by atoms with E-state index in [2.05, 4.69) is 43.3 Å². The minimum Gasteiger partial charge on any atom is -0.494 e. The number of benzene rings is 2. The summed E-state index contributed by atoms with van der Waals surface area (Å²) < 4.78 is 5.83. The predicted molar refractivity (Wildman–Crippen MR) is 98.8 cm³/mol. The largest absolute Gasteiger partial charge is 1.00 e. The number of hydrogen-bond donors (Lipinski definition) is 0. The molecule has 0 aliphatic rings. The summed E-state index contributed by atoms with van der Waals surface area (Å²) in [4.78, 5) is 0. The standard InChI is InChI=1S/C22H29O.Li/c1-2-3-4-5-6-7-8-12-19-23-22-17-15-21(16-18-22)20-13-10-9-11-14-20;/h9-10,13-18H,2-8,12,19H2,1H3;/q-1;+1. The molecule has 0 amide bonds. The molecule has 2 aromatic carbocycles. The molecule has 24 heavy (non-hydrogen) atoms. The van der Waals surface area contributed by atoms with Crippen LogP contribution in [0.4, 0.5) is 0 Å². The van der Waals surface area contributed by atoms with Crippen LogP contribution < -0.4 is 23.6 Å². The van der Waals surface area contributed by atoms with E-state index < -0.39 is 0 Å². The van der Waals surface area contributed by atoms with Crippen molar-refractivity contribution >= 4 is 0 Å². The Morgan fingerprint density at radius 1 is 0.792 bits per heavy atom. The van der Waals surface area contributed by atoms with Gasteiger partial charge in [-0.1, -0.05) is 69.6 Å². The average molecular weight is 316 g/mol. The Bertz CT molecular complexity index is 521. The summed E-state index contributed by atoms with van der Waals surface area (Å²) in [6.45, 7) is 3.09. The maximum Gasteiger partial charge on any atom is 1.00 e. The van der Waals surface area contributed by atoms with Crippen molar-refractivity contribution < 1.29 is 23.6 Å². The second kappa shape index (κ2) is 13.2. The van der Waals surface area contributed by atoms with Crippen LogP contribution in [-0.4, -0.2) is 6.61 Å². The van der Waals surface area contributed by atoms with Gasteiger partial charge in [-0.05, 0) is 18.6 Å². The molecule has 0 bridgehead atoms. The zero-order chi connectivity index (χ0) is 16.2. The van der Waals surface area contributed by atoms with E-state index in [1.54, 1.807) is 0 Å². The first-order valence-electron chi connectivity index (χ1n) is 9.09. The van der Waals surface area contributed by atoms with Crippen LogP contribution in [0.25, 0.3) is 11.1 Å². The van der Waals surface area contributed by atoms with E-state index in [4.69, 9.17) is 4.74 Å². The zero-order valence-corrected chi connectivity index (χ0v) is 15.4. The minimum atomic E-state index is 0. The topological polar surface area (TPSA) is 9.23 Å². The van der Waals surface area contributed by atoms with Gasteiger partial charge in [0.1, 0.15) is 5.75 Å². The van der Waals surface area contributed by atoms with Crippen LogP contribution in [-0.2, 0) is 0 Å². The first-order chi connectivity index (χ1) is 11.4. The Morgan fingerprint density at radius 2 is 1.46 bits per heavy atom. The molecule has 0 aliphatic heterocycles. The summed E-state index contributed by atoms with van der Waals surface area (Å²) in [5.41, 5.74) is 2.41. The maximum atomic E-state index is 5.83. The summed E-state index contributed by atoms with van der Waals surface area (Å²) in [6.07, 6.45) is 10.7. The van der Waals surface area contributed by atoms with E-state index in [1.165, 1.54) is 56.1 Å². The van der Waals surface area contributed by atoms with Gasteiger partial charge in [0.25, 0.3) is 0 Å². The Balaban J connectivity index is 0.00000288. The van der Waals surface area contributed by atoms with Crippen LogP contribution in [0.15, 0.2) is 48.5 Å². The second-order valence-electron chi connectivity index (χ2n) is 6.14. The first kappa shape index (κ1) is 20.9. The smallest absolute Gasteiger partial charge is 0.494 e. The van der Waals surface area contributed by atoms with Gasteiger partial charge in [0.15, 0.2) is 0 Å². The minimum absolute atomic E-state index is 0. The molecule has 0 unspecified atom stereocenters. The van der Waals surface area contributed by atoms with Crippen molar-refractivity contribution in [1.82, 2.24) is 0 Å². The molecule has 0 N–H and O–H groups in total. The monoisotopic (exact) mass is 316 g/mol. The van der Waals surface area contributed by atoms with Crippen molar-refractivity contribution in [2.75, 3.05) is 6.61 Å². The van der Waals surface area contributed by atoms with Gasteiger partial charge in [-0.3, -0.25) is 0 Å². The fourth-order valence-electron chi connectivity index (χ4n) is 2.74. The van der Waals surface area contributed by atoms with Crippen LogP contribution in [0.5, 0.6) is 5.75 Å². The van der Waals surface area contributed by atoms with Crippen LogP contribution in [0.2, 0.25) is 0 Å². The molecule has 0 fully saturated rings. The van der Waals surface area contributed by atoms with Gasteiger partial charge < -0.3 is 4.74 Å². The van der Waals surface area contributed by atoms with E-state index in [-0.39, 0.29) is 18.9 Å². The van der Waals surface area contributed by atoms with Crippen molar-refractivity contribution in [1.29, 1.82) is 0 Å². The third kappa shape index (κ3) is 8.09. The summed E-state index contributed by atoms with van der Waals surface area (Å²) in [7, 11) is 0. The Kier molecular flexibility index (Phi) is 11.5. The van der Waals surface area contributed by atoms with Gasteiger partial charge in [-0.15, -0.1) is 5.56 Å². The average Bonchev–Trinajstić information content (AvgIpc) is 2.62. The Labute approximate surface area is 160 Å². The predicted octanol–water partition coefficient (Wildman–Crippen LogP) is 3.68. The van der Waals surface area contributed by atoms with Gasteiger partial charge in [-0.25, -0.2) is 0 Å². The fourth-order valence-corrected chi connectivity index (χ4v) is 2.74. The van der Waals surface area contributed by atoms with Gasteiger partial charge >= 0.3 is 18.9 Å². The van der Waals surface area contributed by atoms with E-state index in [9.17, 15) is 0 Å². The van der Waals surface area contributed by atoms with E-state index in [0.29, 0.717) is 0 Å². The SMILES string of the molecule is CCCCCCCCCCOc1ccc(-c2c[c-]ccc2)cc1.[Li+]. The van der Waals surface area contributed by atoms with E-state index in [1.807, 2.05) is 18.2 Å². The molecule has 0 atom stereocenters. The summed E-state index contributed by atoms with van der Waals surface area (Å²) in [5.74, 6) is 0.969. The maximum absolute atomic E-state index is 5.83. The van der Waals surface area contributed by atoms with Crippen LogP contribution >= 0.6 is 0 Å². The van der Waals surface area contributed by atoms with Crippen molar-refractivity contribution in [2.24, 2.45) is 0 Å². The molecule has 0 heterocycles. The van der Waals surface area contributed by atoms with Gasteiger partial charge in [0, 0.05) is 0 Å². The number of rotatable bonds is 11. The van der Waals surface area contributed by atoms with Gasteiger partial charge in [0.05, 0.1) is 6.61 Å². The molecular weight excluding hydrogens is 287 g/mol. The zero-order valence-electron chi connectivity index (χ0n) is 15.4. The molecule has 2 heteroatoms. The third-order valence-corrected chi connectivity index (χ3v) is 4.16. The van der Waals surface area contributed by atoms with Crippen molar-refractivity contribution in [3.63, 3.8) is 0 Å². The normalized spacial score (nSPS) is 10.2. The molecule has 0 aromatic heterocycles. The molecule has 2 rings (SSSR count). The van der Waals surface area contributed by atoms with Crippen LogP contribution in [0.1, 0.15) is 58.3 Å². The van der Waals surface area contributed by atoms with E-state index in [0.717, 1.165) is 18.8 Å². The third-order valence-electron chi connectivity index (χ3n) is 4.16. The molecule has 2 aromatic rings. The number of unbranched alkanes of at least 4 members (excludes halogenated alkanes) is 7. The van der Waals surface area contributed by atoms with Crippen LogP contribution in [0, 0.1) is 6.07 Å². The summed E-state index contributed by atoms with van der Waals surface area (Å²) in [5, 5.41) is 0. The quantitative estimate of drug-likeness (QED) is 0.349. The fraction of sp³-hybridized carbons (Fsp3) is 0.455. The van der Waals surface area contributed by atoms with Gasteiger partial charge in [-0.2, -0.15) is 30.3 Å². The molecule has 0 saturated heterocycles. The molecule has 0 spiro atoms. The summed E-state index contributed by atoms with van der Waals surface area (Å²) >= 11 is 0. The Morgan fingerprint density at radius 3 is 2.08 bits per heavy atom. The number of ether oxygens (including phenoxy) is 1. The van der Waals surface area contributed by atoms with Crippen molar-refractivity contribution in [3.8, 4) is 16.9 Å². The molecule has 1 nitrogen and oxygen atoms in total. The molecule has 0 saturated carbocycles. The molecule has 0 radical (unpaired) electrons. The molecule has 0 aliphatic carbocycles. The number of hydrogen-bond acceptors (Lipinski definition) is 1. The van der Waals surface area contributed by atoms with Crippen molar-refractivity contribution in [2.45, 2.75) is 58.3 Å². The Hall–Kier alpha value is -1.16. The van der Waals surface area contributed by atoms with E-state index >= 15 is 0 Å². The molecular formula is C22H29LiO. The van der Waals surface area contributed by atoms with Crippen LogP contribution in [0.3, 0.4) is 0 Å². The first-order valence-corrected chi connectivity index (χ1v) is 9.09. The van der Waals surface area contributed by atoms with Crippen molar-refractivity contribution in [3.05, 3.63) is 54.6 Å². The van der Waals surface area contributed by atoms with Gasteiger partial charge in [0.2, 0.25) is 0 Å². The molecule has 124 valence electrons. The second-order valence-corrected chi connectivity index (χ2v) is 6.14. The summed E-state index contributed by atoms with van der Waals surface area (Å²) in [6, 6.07) is 19.5.